The molecule has 1 aliphatic rings. The van der Waals surface area contributed by atoms with Crippen molar-refractivity contribution in [3.63, 3.8) is 0 Å². The summed E-state index contributed by atoms with van der Waals surface area (Å²) in [6.07, 6.45) is 0.950. The van der Waals surface area contributed by atoms with Crippen LogP contribution >= 0.6 is 11.3 Å². The van der Waals surface area contributed by atoms with Crippen LogP contribution in [0.25, 0.3) is 0 Å². The molecule has 0 spiro atoms. The molecule has 2 heterocycles. The summed E-state index contributed by atoms with van der Waals surface area (Å²) in [5.41, 5.74) is 6.04. The second-order valence-corrected chi connectivity index (χ2v) is 6.62. The highest BCUT2D eigenvalue weighted by Gasteiger charge is 2.27. The van der Waals surface area contributed by atoms with Gasteiger partial charge < -0.3 is 10.6 Å². The van der Waals surface area contributed by atoms with Gasteiger partial charge in [0.1, 0.15) is 0 Å². The van der Waals surface area contributed by atoms with Crippen LogP contribution in [0.4, 0.5) is 0 Å². The van der Waals surface area contributed by atoms with Crippen LogP contribution in [0.5, 0.6) is 0 Å². The molecule has 112 valence electrons. The van der Waals surface area contributed by atoms with Crippen LogP contribution in [0.15, 0.2) is 17.5 Å². The molecular formula is C15H25N3OS. The zero-order chi connectivity index (χ0) is 14.5. The lowest BCUT2D eigenvalue weighted by Gasteiger charge is -2.36. The van der Waals surface area contributed by atoms with Crippen LogP contribution in [0.3, 0.4) is 0 Å². The lowest BCUT2D eigenvalue weighted by atomic mass is 9.98. The van der Waals surface area contributed by atoms with Gasteiger partial charge in [0.25, 0.3) is 0 Å². The monoisotopic (exact) mass is 295 g/mol. The first-order chi connectivity index (χ1) is 9.61. The number of nitrogens with zero attached hydrogens (tertiary/aromatic N) is 2. The smallest absolute Gasteiger partial charge is 0.239 e. The van der Waals surface area contributed by atoms with Gasteiger partial charge in [0.05, 0.1) is 6.04 Å². The number of thiophene rings is 1. The Bertz CT molecular complexity index is 413. The van der Waals surface area contributed by atoms with Gasteiger partial charge in [-0.25, -0.2) is 0 Å². The Balaban J connectivity index is 1.80. The number of hydrogen-bond acceptors (Lipinski definition) is 4. The van der Waals surface area contributed by atoms with E-state index < -0.39 is 0 Å². The average Bonchev–Trinajstić information content (AvgIpc) is 2.98. The fourth-order valence-electron chi connectivity index (χ4n) is 2.46. The second kappa shape index (κ2) is 7.20. The van der Waals surface area contributed by atoms with E-state index in [1.165, 1.54) is 4.88 Å². The minimum atomic E-state index is -0.344. The lowest BCUT2D eigenvalue weighted by Crippen LogP contribution is -2.54. The molecule has 0 aromatic carbocycles. The number of hydrogen-bond donors (Lipinski definition) is 1. The lowest BCUT2D eigenvalue weighted by molar-refractivity contribution is -0.135. The topological polar surface area (TPSA) is 49.6 Å². The Morgan fingerprint density at radius 2 is 2.10 bits per heavy atom. The summed E-state index contributed by atoms with van der Waals surface area (Å²) < 4.78 is 0. The van der Waals surface area contributed by atoms with Crippen molar-refractivity contribution in [3.8, 4) is 0 Å². The summed E-state index contributed by atoms with van der Waals surface area (Å²) in [7, 11) is 0. The first-order valence-corrected chi connectivity index (χ1v) is 8.29. The van der Waals surface area contributed by atoms with Crippen molar-refractivity contribution >= 4 is 17.2 Å². The van der Waals surface area contributed by atoms with E-state index in [4.69, 9.17) is 5.73 Å². The Labute approximate surface area is 125 Å². The third-order valence-electron chi connectivity index (χ3n) is 4.19. The third-order valence-corrected chi connectivity index (χ3v) is 5.05. The van der Waals surface area contributed by atoms with E-state index in [9.17, 15) is 4.79 Å². The molecule has 0 bridgehead atoms. The Morgan fingerprint density at radius 3 is 2.65 bits per heavy atom. The predicted octanol–water partition coefficient (Wildman–Crippen LogP) is 1.77. The van der Waals surface area contributed by atoms with Gasteiger partial charge in [-0.3, -0.25) is 9.69 Å². The largest absolute Gasteiger partial charge is 0.339 e. The summed E-state index contributed by atoms with van der Waals surface area (Å²) in [6.45, 7) is 8.61. The van der Waals surface area contributed by atoms with E-state index in [2.05, 4.69) is 36.3 Å². The van der Waals surface area contributed by atoms with Crippen LogP contribution in [-0.2, 0) is 11.3 Å². The van der Waals surface area contributed by atoms with Gasteiger partial charge in [0.15, 0.2) is 0 Å². The molecule has 1 aromatic rings. The summed E-state index contributed by atoms with van der Waals surface area (Å²) in [4.78, 5) is 18.0. The molecule has 2 rings (SSSR count). The Kier molecular flexibility index (Phi) is 5.57. The molecule has 1 saturated heterocycles. The standard InChI is InChI=1S/C15H25N3OS/c1-3-12(2)14(16)15(19)18-8-6-17(7-9-18)11-13-5-4-10-20-13/h4-5,10,12,14H,3,6-9,11,16H2,1-2H3. The van der Waals surface area contributed by atoms with E-state index in [-0.39, 0.29) is 17.9 Å². The van der Waals surface area contributed by atoms with Crippen LogP contribution in [0, 0.1) is 5.92 Å². The summed E-state index contributed by atoms with van der Waals surface area (Å²) in [5.74, 6) is 0.377. The number of piperazine rings is 1. The number of carbonyl (C=O) groups excluding carboxylic acids is 1. The van der Waals surface area contributed by atoms with Gasteiger partial charge in [-0.15, -0.1) is 11.3 Å². The number of nitrogens with two attached hydrogens (primary N) is 1. The SMILES string of the molecule is CCC(C)C(N)C(=O)N1CCN(Cc2cccs2)CC1. The first-order valence-electron chi connectivity index (χ1n) is 7.41. The maximum absolute atomic E-state index is 12.3. The fourth-order valence-corrected chi connectivity index (χ4v) is 3.20. The van der Waals surface area contributed by atoms with Crippen molar-refractivity contribution in [2.75, 3.05) is 26.2 Å². The van der Waals surface area contributed by atoms with Crippen molar-refractivity contribution in [1.82, 2.24) is 9.80 Å². The summed E-state index contributed by atoms with van der Waals surface area (Å²) in [6, 6.07) is 3.91. The molecule has 1 amide bonds. The molecule has 2 N–H and O–H groups in total. The molecular weight excluding hydrogens is 270 g/mol. The number of rotatable bonds is 5. The molecule has 1 aromatic heterocycles. The second-order valence-electron chi connectivity index (χ2n) is 5.59. The minimum Gasteiger partial charge on any atom is -0.339 e. The van der Waals surface area contributed by atoms with Crippen molar-refractivity contribution in [2.24, 2.45) is 11.7 Å². The maximum Gasteiger partial charge on any atom is 0.239 e. The van der Waals surface area contributed by atoms with Crippen LogP contribution in [-0.4, -0.2) is 47.9 Å². The van der Waals surface area contributed by atoms with E-state index in [0.717, 1.165) is 39.1 Å². The van der Waals surface area contributed by atoms with Crippen molar-refractivity contribution in [3.05, 3.63) is 22.4 Å². The third kappa shape index (κ3) is 3.81. The Hall–Kier alpha value is -0.910. The average molecular weight is 295 g/mol. The molecule has 4 nitrogen and oxygen atoms in total. The highest BCUT2D eigenvalue weighted by atomic mass is 32.1. The number of amides is 1. The quantitative estimate of drug-likeness (QED) is 0.900. The van der Waals surface area contributed by atoms with Gasteiger partial charge in [0.2, 0.25) is 5.91 Å². The highest BCUT2D eigenvalue weighted by molar-refractivity contribution is 7.09. The number of carbonyl (C=O) groups is 1. The normalized spacial score (nSPS) is 19.9. The molecule has 0 radical (unpaired) electrons. The van der Waals surface area contributed by atoms with E-state index in [1.54, 1.807) is 11.3 Å². The summed E-state index contributed by atoms with van der Waals surface area (Å²) >= 11 is 1.79. The fraction of sp³-hybridized carbons (Fsp3) is 0.667. The zero-order valence-electron chi connectivity index (χ0n) is 12.4. The van der Waals surface area contributed by atoms with Crippen molar-refractivity contribution < 1.29 is 4.79 Å². The summed E-state index contributed by atoms with van der Waals surface area (Å²) in [5, 5.41) is 2.11. The minimum absolute atomic E-state index is 0.120. The molecule has 2 atom stereocenters. The van der Waals surface area contributed by atoms with Gasteiger partial charge in [-0.2, -0.15) is 0 Å². The van der Waals surface area contributed by atoms with E-state index in [1.807, 2.05) is 4.90 Å². The van der Waals surface area contributed by atoms with E-state index >= 15 is 0 Å². The van der Waals surface area contributed by atoms with Gasteiger partial charge >= 0.3 is 0 Å². The molecule has 1 fully saturated rings. The van der Waals surface area contributed by atoms with Crippen molar-refractivity contribution in [1.29, 1.82) is 0 Å². The van der Waals surface area contributed by atoms with Crippen LogP contribution < -0.4 is 5.73 Å². The predicted molar refractivity (Wildman–Crippen MR) is 83.6 cm³/mol. The maximum atomic E-state index is 12.3. The van der Waals surface area contributed by atoms with E-state index in [0.29, 0.717) is 0 Å². The van der Waals surface area contributed by atoms with Gasteiger partial charge in [-0.05, 0) is 17.4 Å². The molecule has 2 unspecified atom stereocenters. The van der Waals surface area contributed by atoms with Crippen molar-refractivity contribution in [2.45, 2.75) is 32.9 Å². The zero-order valence-corrected chi connectivity index (χ0v) is 13.2. The highest BCUT2D eigenvalue weighted by Crippen LogP contribution is 2.15. The first kappa shape index (κ1) is 15.5. The molecule has 1 aliphatic heterocycles. The van der Waals surface area contributed by atoms with Crippen LogP contribution in [0.2, 0.25) is 0 Å². The molecule has 5 heteroatoms. The molecule has 0 aliphatic carbocycles. The molecule has 20 heavy (non-hydrogen) atoms. The van der Waals surface area contributed by atoms with Crippen LogP contribution in [0.1, 0.15) is 25.1 Å². The molecule has 0 saturated carbocycles. The van der Waals surface area contributed by atoms with Gasteiger partial charge in [-0.1, -0.05) is 26.3 Å². The van der Waals surface area contributed by atoms with Gasteiger partial charge in [0, 0.05) is 37.6 Å². The Morgan fingerprint density at radius 1 is 1.40 bits per heavy atom.